The van der Waals surface area contributed by atoms with Crippen LogP contribution < -0.4 is 4.90 Å². The van der Waals surface area contributed by atoms with Crippen molar-refractivity contribution in [1.82, 2.24) is 4.98 Å². The van der Waals surface area contributed by atoms with Crippen LogP contribution >= 0.6 is 11.3 Å². The smallest absolute Gasteiger partial charge is 0.227 e. The van der Waals surface area contributed by atoms with E-state index in [1.807, 2.05) is 24.3 Å². The second-order valence-electron chi connectivity index (χ2n) is 11.2. The van der Waals surface area contributed by atoms with E-state index in [0.717, 1.165) is 33.7 Å². The molecule has 4 heteroatoms. The van der Waals surface area contributed by atoms with E-state index in [9.17, 15) is 0 Å². The molecule has 0 aliphatic heterocycles. The average Bonchev–Trinajstić information content (AvgIpc) is 3.70. The van der Waals surface area contributed by atoms with Crippen LogP contribution in [0.4, 0.5) is 17.1 Å². The highest BCUT2D eigenvalue weighted by Crippen LogP contribution is 2.44. The van der Waals surface area contributed by atoms with Crippen molar-refractivity contribution in [3.05, 3.63) is 158 Å². The number of para-hydroxylation sites is 3. The van der Waals surface area contributed by atoms with Gasteiger partial charge in [0, 0.05) is 42.8 Å². The van der Waals surface area contributed by atoms with Crippen molar-refractivity contribution < 1.29 is 4.42 Å². The summed E-state index contributed by atoms with van der Waals surface area (Å²) in [4.78, 5) is 7.15. The number of nitrogens with zero attached hydrogens (tertiary/aromatic N) is 2. The van der Waals surface area contributed by atoms with Crippen molar-refractivity contribution in [2.75, 3.05) is 4.90 Å². The van der Waals surface area contributed by atoms with E-state index in [-0.39, 0.29) is 0 Å². The molecule has 0 aliphatic carbocycles. The average molecular weight is 595 g/mol. The van der Waals surface area contributed by atoms with Crippen LogP contribution in [0.25, 0.3) is 64.6 Å². The molecule has 0 atom stereocenters. The predicted molar refractivity (Wildman–Crippen MR) is 190 cm³/mol. The van der Waals surface area contributed by atoms with Crippen LogP contribution in [0.15, 0.2) is 162 Å². The first kappa shape index (κ1) is 25.8. The van der Waals surface area contributed by atoms with Crippen molar-refractivity contribution in [3.63, 3.8) is 0 Å². The Labute approximate surface area is 264 Å². The molecule has 9 aromatic rings. The van der Waals surface area contributed by atoms with Crippen LogP contribution in [-0.2, 0) is 0 Å². The number of rotatable bonds is 5. The Bertz CT molecular complexity index is 2460. The van der Waals surface area contributed by atoms with Gasteiger partial charge >= 0.3 is 0 Å². The van der Waals surface area contributed by atoms with Gasteiger partial charge in [-0.25, -0.2) is 4.98 Å². The fraction of sp³-hybridized carbons (Fsp3) is 0. The van der Waals surface area contributed by atoms with Crippen LogP contribution in [0.5, 0.6) is 0 Å². The lowest BCUT2D eigenvalue weighted by atomic mass is 10.0. The summed E-state index contributed by atoms with van der Waals surface area (Å²) >= 11 is 1.80. The van der Waals surface area contributed by atoms with E-state index >= 15 is 0 Å². The van der Waals surface area contributed by atoms with E-state index in [0.29, 0.717) is 5.89 Å². The zero-order valence-electron chi connectivity index (χ0n) is 24.2. The second-order valence-corrected chi connectivity index (χ2v) is 12.3. The SMILES string of the molecule is c1ccc(N(c2ccc(-c3ccc4ccccc4c3)cc2)c2ccc3c(c2)sc2cccc(-c4nc5ccccc5o4)c23)cc1. The van der Waals surface area contributed by atoms with Crippen molar-refractivity contribution in [3.8, 4) is 22.6 Å². The molecule has 0 aliphatic rings. The van der Waals surface area contributed by atoms with E-state index < -0.39 is 0 Å². The van der Waals surface area contributed by atoms with Crippen LogP contribution in [0.1, 0.15) is 0 Å². The number of hydrogen-bond acceptors (Lipinski definition) is 4. The zero-order valence-corrected chi connectivity index (χ0v) is 25.0. The van der Waals surface area contributed by atoms with Gasteiger partial charge in [0.15, 0.2) is 5.58 Å². The Balaban J connectivity index is 1.14. The van der Waals surface area contributed by atoms with Crippen molar-refractivity contribution in [2.45, 2.75) is 0 Å². The maximum atomic E-state index is 6.21. The summed E-state index contributed by atoms with van der Waals surface area (Å²) < 4.78 is 8.64. The van der Waals surface area contributed by atoms with E-state index in [4.69, 9.17) is 9.40 Å². The van der Waals surface area contributed by atoms with Gasteiger partial charge in [0.25, 0.3) is 0 Å². The van der Waals surface area contributed by atoms with Crippen molar-refractivity contribution in [2.24, 2.45) is 0 Å². The van der Waals surface area contributed by atoms with E-state index in [1.54, 1.807) is 11.3 Å². The van der Waals surface area contributed by atoms with Gasteiger partial charge in [-0.1, -0.05) is 91.0 Å². The fourth-order valence-corrected chi connectivity index (χ4v) is 7.48. The topological polar surface area (TPSA) is 29.3 Å². The molecule has 9 rings (SSSR count). The minimum Gasteiger partial charge on any atom is -0.436 e. The van der Waals surface area contributed by atoms with Crippen LogP contribution in [0.2, 0.25) is 0 Å². The highest BCUT2D eigenvalue weighted by molar-refractivity contribution is 7.26. The molecule has 0 fully saturated rings. The van der Waals surface area contributed by atoms with Gasteiger partial charge in [-0.15, -0.1) is 11.3 Å². The molecule has 45 heavy (non-hydrogen) atoms. The lowest BCUT2D eigenvalue weighted by Crippen LogP contribution is -2.09. The van der Waals surface area contributed by atoms with Gasteiger partial charge in [-0.2, -0.15) is 0 Å². The highest BCUT2D eigenvalue weighted by Gasteiger charge is 2.18. The first-order chi connectivity index (χ1) is 22.3. The molecular weight excluding hydrogens is 569 g/mol. The Morgan fingerprint density at radius 2 is 1.24 bits per heavy atom. The molecule has 212 valence electrons. The standard InChI is InChI=1S/C41H26N2OS/c1-2-11-31(12-3-1)43(32-21-19-28(20-22-32)30-18-17-27-9-4-5-10-29(27)25-30)33-23-24-34-39(26-33)45-38-16-8-13-35(40(34)38)41-42-36-14-6-7-15-37(36)44-41/h1-26H. The summed E-state index contributed by atoms with van der Waals surface area (Å²) in [5, 5.41) is 4.89. The first-order valence-electron chi connectivity index (χ1n) is 15.0. The molecular formula is C41H26N2OS. The molecule has 0 spiro atoms. The molecule has 0 saturated heterocycles. The lowest BCUT2D eigenvalue weighted by molar-refractivity contribution is 0.620. The Morgan fingerprint density at radius 1 is 0.511 bits per heavy atom. The summed E-state index contributed by atoms with van der Waals surface area (Å²) in [6, 6.07) is 55.7. The number of oxazole rings is 1. The molecule has 2 heterocycles. The van der Waals surface area contributed by atoms with Crippen molar-refractivity contribution in [1.29, 1.82) is 0 Å². The largest absolute Gasteiger partial charge is 0.436 e. The van der Waals surface area contributed by atoms with Gasteiger partial charge < -0.3 is 9.32 Å². The molecule has 0 saturated carbocycles. The maximum Gasteiger partial charge on any atom is 0.227 e. The monoisotopic (exact) mass is 594 g/mol. The summed E-state index contributed by atoms with van der Waals surface area (Å²) in [7, 11) is 0. The van der Waals surface area contributed by atoms with Gasteiger partial charge in [-0.05, 0) is 88.6 Å². The minimum atomic E-state index is 0.656. The Hall–Kier alpha value is -5.71. The Kier molecular flexibility index (Phi) is 6.00. The van der Waals surface area contributed by atoms with Crippen LogP contribution in [-0.4, -0.2) is 4.98 Å². The highest BCUT2D eigenvalue weighted by atomic mass is 32.1. The number of hydrogen-bond donors (Lipinski definition) is 0. The number of thiophene rings is 1. The number of aromatic nitrogens is 1. The lowest BCUT2D eigenvalue weighted by Gasteiger charge is -2.25. The molecule has 0 amide bonds. The molecule has 0 bridgehead atoms. The second kappa shape index (κ2) is 10.5. The number of fused-ring (bicyclic) bond motifs is 5. The third kappa shape index (κ3) is 4.46. The van der Waals surface area contributed by atoms with Gasteiger partial charge in [0.05, 0.1) is 0 Å². The molecule has 7 aromatic carbocycles. The summed E-state index contributed by atoms with van der Waals surface area (Å²) in [6.45, 7) is 0. The quantitative estimate of drug-likeness (QED) is 0.198. The van der Waals surface area contributed by atoms with Crippen LogP contribution in [0.3, 0.4) is 0 Å². The summed E-state index contributed by atoms with van der Waals surface area (Å²) in [6.07, 6.45) is 0. The van der Waals surface area contributed by atoms with E-state index in [2.05, 4.69) is 138 Å². The normalized spacial score (nSPS) is 11.6. The fourth-order valence-electron chi connectivity index (χ4n) is 6.32. The zero-order chi connectivity index (χ0) is 29.7. The maximum absolute atomic E-state index is 6.21. The van der Waals surface area contributed by atoms with Gasteiger partial charge in [0.1, 0.15) is 5.52 Å². The molecule has 0 N–H and O–H groups in total. The third-order valence-electron chi connectivity index (χ3n) is 8.49. The predicted octanol–water partition coefficient (Wildman–Crippen LogP) is 12.2. The van der Waals surface area contributed by atoms with E-state index in [1.165, 1.54) is 42.1 Å². The minimum absolute atomic E-state index is 0.656. The first-order valence-corrected chi connectivity index (χ1v) is 15.9. The molecule has 3 nitrogen and oxygen atoms in total. The molecule has 0 unspecified atom stereocenters. The third-order valence-corrected chi connectivity index (χ3v) is 9.60. The Morgan fingerprint density at radius 3 is 2.11 bits per heavy atom. The molecule has 0 radical (unpaired) electrons. The van der Waals surface area contributed by atoms with Crippen molar-refractivity contribution >= 4 is 70.4 Å². The van der Waals surface area contributed by atoms with Crippen LogP contribution in [0, 0.1) is 0 Å². The van der Waals surface area contributed by atoms with Gasteiger partial charge in [-0.3, -0.25) is 0 Å². The summed E-state index contributed by atoms with van der Waals surface area (Å²) in [5.41, 5.74) is 8.45. The molecule has 2 aromatic heterocycles. The number of benzene rings is 7. The van der Waals surface area contributed by atoms with Gasteiger partial charge in [0.2, 0.25) is 5.89 Å². The number of anilines is 3. The summed E-state index contributed by atoms with van der Waals surface area (Å²) in [5.74, 6) is 0.656.